The minimum absolute atomic E-state index is 0.0304. The summed E-state index contributed by atoms with van der Waals surface area (Å²) >= 11 is 3.34. The van der Waals surface area contributed by atoms with Gasteiger partial charge in [-0.1, -0.05) is 22.0 Å². The van der Waals surface area contributed by atoms with E-state index >= 15 is 0 Å². The number of amides is 1. The largest absolute Gasteiger partial charge is 0.366 e. The number of nitrogens with one attached hydrogen (secondary N) is 2. The first-order chi connectivity index (χ1) is 14.9. The third-order valence-electron chi connectivity index (χ3n) is 4.97. The van der Waals surface area contributed by atoms with Crippen molar-refractivity contribution in [2.75, 3.05) is 19.7 Å². The van der Waals surface area contributed by atoms with Gasteiger partial charge in [-0.2, -0.15) is 4.31 Å². The number of hydrogen-bond acceptors (Lipinski definition) is 6. The number of carbonyl (C=O) groups is 2. The number of halogens is 1. The van der Waals surface area contributed by atoms with Crippen LogP contribution in [-0.2, 0) is 26.1 Å². The first-order valence-corrected chi connectivity index (χ1v) is 11.7. The fraction of sp³-hybridized carbons (Fsp3) is 0.250. The highest BCUT2D eigenvalue weighted by Crippen LogP contribution is 2.31. The smallest absolute Gasteiger partial charge is 0.250 e. The SMILES string of the molecule is O=Cc1[nH]c2ccc(Br)cc2c1S(=O)(=O)N1CCOC(C(=O)NCc2cccnc2)C1. The molecule has 1 aliphatic rings. The molecule has 11 heteroatoms. The molecule has 31 heavy (non-hydrogen) atoms. The molecule has 1 aromatic carbocycles. The minimum atomic E-state index is -4.06. The maximum atomic E-state index is 13.4. The highest BCUT2D eigenvalue weighted by Gasteiger charge is 2.36. The number of nitrogens with zero attached hydrogens (tertiary/aromatic N) is 2. The van der Waals surface area contributed by atoms with Crippen LogP contribution < -0.4 is 5.32 Å². The maximum absolute atomic E-state index is 13.4. The number of hydrogen-bond donors (Lipinski definition) is 2. The number of rotatable bonds is 6. The Morgan fingerprint density at radius 2 is 2.23 bits per heavy atom. The Balaban J connectivity index is 1.56. The van der Waals surface area contributed by atoms with E-state index in [9.17, 15) is 18.0 Å². The van der Waals surface area contributed by atoms with E-state index in [1.807, 2.05) is 6.07 Å². The number of carbonyl (C=O) groups excluding carboxylic acids is 2. The monoisotopic (exact) mass is 506 g/mol. The first-order valence-electron chi connectivity index (χ1n) is 9.45. The number of aromatic amines is 1. The zero-order chi connectivity index (χ0) is 22.0. The lowest BCUT2D eigenvalue weighted by atomic mass is 10.2. The van der Waals surface area contributed by atoms with Crippen LogP contribution in [-0.4, -0.2) is 60.7 Å². The van der Waals surface area contributed by atoms with Crippen LogP contribution in [0, 0.1) is 0 Å². The Labute approximate surface area is 187 Å². The Hall–Kier alpha value is -2.60. The quantitative estimate of drug-likeness (QED) is 0.492. The summed E-state index contributed by atoms with van der Waals surface area (Å²) in [6, 6.07) is 8.67. The number of sulfonamides is 1. The molecule has 9 nitrogen and oxygen atoms in total. The topological polar surface area (TPSA) is 121 Å². The average molecular weight is 507 g/mol. The molecule has 1 atom stereocenters. The molecule has 1 fully saturated rings. The second-order valence-corrected chi connectivity index (χ2v) is 9.77. The third kappa shape index (κ3) is 4.40. The lowest BCUT2D eigenvalue weighted by Gasteiger charge is -2.31. The number of benzene rings is 1. The van der Waals surface area contributed by atoms with Crippen LogP contribution >= 0.6 is 15.9 Å². The van der Waals surface area contributed by atoms with Crippen molar-refractivity contribution >= 4 is 49.0 Å². The van der Waals surface area contributed by atoms with Crippen molar-refractivity contribution < 1.29 is 22.7 Å². The molecule has 1 unspecified atom stereocenters. The van der Waals surface area contributed by atoms with Crippen molar-refractivity contribution in [3.05, 3.63) is 58.5 Å². The van der Waals surface area contributed by atoms with Crippen molar-refractivity contribution in [3.8, 4) is 0 Å². The van der Waals surface area contributed by atoms with Crippen molar-refractivity contribution in [3.63, 3.8) is 0 Å². The van der Waals surface area contributed by atoms with E-state index in [0.29, 0.717) is 21.7 Å². The van der Waals surface area contributed by atoms with Gasteiger partial charge in [0.25, 0.3) is 5.91 Å². The summed E-state index contributed by atoms with van der Waals surface area (Å²) in [5.41, 5.74) is 1.32. The molecule has 0 aliphatic carbocycles. The number of fused-ring (bicyclic) bond motifs is 1. The molecule has 1 amide bonds. The number of pyridine rings is 1. The maximum Gasteiger partial charge on any atom is 0.250 e. The van der Waals surface area contributed by atoms with Crippen molar-refractivity contribution in [1.82, 2.24) is 19.6 Å². The van der Waals surface area contributed by atoms with E-state index in [0.717, 1.165) is 5.56 Å². The zero-order valence-corrected chi connectivity index (χ0v) is 18.6. The Morgan fingerprint density at radius 1 is 1.39 bits per heavy atom. The van der Waals surface area contributed by atoms with Gasteiger partial charge in [-0.25, -0.2) is 8.42 Å². The van der Waals surface area contributed by atoms with Gasteiger partial charge >= 0.3 is 0 Å². The van der Waals surface area contributed by atoms with Crippen molar-refractivity contribution in [1.29, 1.82) is 0 Å². The predicted molar refractivity (Wildman–Crippen MR) is 116 cm³/mol. The summed E-state index contributed by atoms with van der Waals surface area (Å²) in [5, 5.41) is 3.14. The second kappa shape index (κ2) is 8.87. The molecule has 3 heterocycles. The average Bonchev–Trinajstić information content (AvgIpc) is 3.16. The van der Waals surface area contributed by atoms with Crippen LogP contribution in [0.5, 0.6) is 0 Å². The first kappa shape index (κ1) is 21.6. The lowest BCUT2D eigenvalue weighted by molar-refractivity contribution is -0.136. The van der Waals surface area contributed by atoms with E-state index in [1.165, 1.54) is 4.31 Å². The van der Waals surface area contributed by atoms with Crippen LogP contribution in [0.15, 0.2) is 52.1 Å². The Morgan fingerprint density at radius 3 is 2.97 bits per heavy atom. The van der Waals surface area contributed by atoms with Crippen LogP contribution in [0.3, 0.4) is 0 Å². The molecule has 1 aliphatic heterocycles. The van der Waals surface area contributed by atoms with Gasteiger partial charge < -0.3 is 15.0 Å². The molecule has 0 saturated carbocycles. The van der Waals surface area contributed by atoms with E-state index < -0.39 is 22.0 Å². The number of morpholine rings is 1. The molecular weight excluding hydrogens is 488 g/mol. The van der Waals surface area contributed by atoms with Crippen LogP contribution in [0.1, 0.15) is 16.1 Å². The molecule has 162 valence electrons. The van der Waals surface area contributed by atoms with E-state index in [4.69, 9.17) is 4.74 Å². The van der Waals surface area contributed by atoms with Gasteiger partial charge in [0.05, 0.1) is 12.3 Å². The minimum Gasteiger partial charge on any atom is -0.366 e. The third-order valence-corrected chi connectivity index (χ3v) is 7.43. The van der Waals surface area contributed by atoms with Crippen LogP contribution in [0.4, 0.5) is 0 Å². The standard InChI is InChI=1S/C20H19BrN4O5S/c21-14-3-4-16-15(8-14)19(17(12-26)24-16)31(28,29)25-6-7-30-18(11-25)20(27)23-10-13-2-1-5-22-9-13/h1-5,8-9,12,18,24H,6-7,10-11H2,(H,23,27). The van der Waals surface area contributed by atoms with Crippen molar-refractivity contribution in [2.24, 2.45) is 0 Å². The molecule has 4 rings (SSSR count). The number of H-pyrrole nitrogens is 1. The highest BCUT2D eigenvalue weighted by atomic mass is 79.9. The van der Waals surface area contributed by atoms with Gasteiger partial charge in [-0.05, 0) is 29.8 Å². The lowest BCUT2D eigenvalue weighted by Crippen LogP contribution is -2.51. The number of ether oxygens (including phenoxy) is 1. The normalized spacial score (nSPS) is 17.5. The molecule has 3 aromatic rings. The van der Waals surface area contributed by atoms with Crippen LogP contribution in [0.25, 0.3) is 10.9 Å². The summed E-state index contributed by atoms with van der Waals surface area (Å²) in [7, 11) is -4.06. The van der Waals surface area contributed by atoms with E-state index in [1.54, 1.807) is 36.7 Å². The fourth-order valence-corrected chi connectivity index (χ4v) is 5.55. The fourth-order valence-electron chi connectivity index (χ4n) is 3.46. The second-order valence-electron chi connectivity index (χ2n) is 6.98. The molecule has 2 aromatic heterocycles. The van der Waals surface area contributed by atoms with Crippen LogP contribution in [0.2, 0.25) is 0 Å². The molecule has 0 bridgehead atoms. The summed E-state index contributed by atoms with van der Waals surface area (Å²) in [6.45, 7) is 0.242. The Kier molecular flexibility index (Phi) is 6.19. The number of aromatic nitrogens is 2. The summed E-state index contributed by atoms with van der Waals surface area (Å²) in [6.07, 6.45) is 2.79. The van der Waals surface area contributed by atoms with Gasteiger partial charge in [0.2, 0.25) is 10.0 Å². The van der Waals surface area contributed by atoms with Gasteiger partial charge in [0.1, 0.15) is 11.0 Å². The van der Waals surface area contributed by atoms with Gasteiger partial charge in [0, 0.05) is 47.4 Å². The molecule has 1 saturated heterocycles. The van der Waals surface area contributed by atoms with Gasteiger partial charge in [0.15, 0.2) is 6.29 Å². The van der Waals surface area contributed by atoms with Gasteiger partial charge in [-0.3, -0.25) is 14.6 Å². The zero-order valence-electron chi connectivity index (χ0n) is 16.2. The molecule has 2 N–H and O–H groups in total. The molecule has 0 spiro atoms. The van der Waals surface area contributed by atoms with E-state index in [-0.39, 0.29) is 36.8 Å². The molecule has 0 radical (unpaired) electrons. The number of aldehydes is 1. The predicted octanol–water partition coefficient (Wildman–Crippen LogP) is 1.84. The summed E-state index contributed by atoms with van der Waals surface area (Å²) < 4.78 is 34.3. The summed E-state index contributed by atoms with van der Waals surface area (Å²) in [5.74, 6) is -0.416. The van der Waals surface area contributed by atoms with Gasteiger partial charge in [-0.15, -0.1) is 0 Å². The van der Waals surface area contributed by atoms with Crippen molar-refractivity contribution in [2.45, 2.75) is 17.5 Å². The Bertz CT molecular complexity index is 1230. The highest BCUT2D eigenvalue weighted by molar-refractivity contribution is 9.10. The summed E-state index contributed by atoms with van der Waals surface area (Å²) in [4.78, 5) is 30.9. The molecular formula is C20H19BrN4O5S. The van der Waals surface area contributed by atoms with E-state index in [2.05, 4.69) is 31.2 Å².